The minimum atomic E-state index is -3.11. The number of phosphoric acid groups is 1. The monoisotopic (exact) mass is 152 g/mol. The fourth-order valence-electron chi connectivity index (χ4n) is 0.573. The summed E-state index contributed by atoms with van der Waals surface area (Å²) in [7, 11) is -1.80. The van der Waals surface area contributed by atoms with Crippen molar-refractivity contribution in [1.82, 2.24) is 0 Å². The largest absolute Gasteiger partial charge is 0.474 e. The first-order valence-corrected chi connectivity index (χ1v) is 4.11. The third-order valence-electron chi connectivity index (χ3n) is 1.00. The molecule has 5 heteroatoms. The molecule has 0 aromatic heterocycles. The Morgan fingerprint density at radius 1 is 1.78 bits per heavy atom. The highest BCUT2D eigenvalue weighted by atomic mass is 31.2. The van der Waals surface area contributed by atoms with Gasteiger partial charge in [-0.1, -0.05) is 0 Å². The van der Waals surface area contributed by atoms with Crippen molar-refractivity contribution in [3.05, 3.63) is 0 Å². The predicted molar refractivity (Wildman–Crippen MR) is 31.1 cm³/mol. The quantitative estimate of drug-likeness (QED) is 0.529. The van der Waals surface area contributed by atoms with Gasteiger partial charge in [0.05, 0.1) is 12.7 Å². The Kier molecular flexibility index (Phi) is 1.91. The molecule has 1 fully saturated rings. The SMILES string of the molecule is CO[P@@]1(=O)OC[C@@H](C)O1. The molecule has 0 amide bonds. The Morgan fingerprint density at radius 3 is 2.67 bits per heavy atom. The van der Waals surface area contributed by atoms with Gasteiger partial charge >= 0.3 is 7.82 Å². The zero-order chi connectivity index (χ0) is 6.91. The highest BCUT2D eigenvalue weighted by Gasteiger charge is 2.34. The lowest BCUT2D eigenvalue weighted by atomic mass is 10.5. The Balaban J connectivity index is 2.55. The summed E-state index contributed by atoms with van der Waals surface area (Å²) in [6.45, 7) is 2.13. The van der Waals surface area contributed by atoms with Crippen LogP contribution in [0.15, 0.2) is 0 Å². The Labute approximate surface area is 53.7 Å². The van der Waals surface area contributed by atoms with Crippen LogP contribution >= 0.6 is 7.82 Å². The Hall–Kier alpha value is 0.110. The lowest BCUT2D eigenvalue weighted by molar-refractivity contribution is 0.206. The van der Waals surface area contributed by atoms with Crippen LogP contribution in [0, 0.1) is 0 Å². The summed E-state index contributed by atoms with van der Waals surface area (Å²) in [6, 6.07) is 0. The molecule has 0 radical (unpaired) electrons. The maximum atomic E-state index is 10.9. The topological polar surface area (TPSA) is 44.8 Å². The van der Waals surface area contributed by atoms with Crippen LogP contribution in [0.3, 0.4) is 0 Å². The molecule has 9 heavy (non-hydrogen) atoms. The maximum Gasteiger partial charge on any atom is 0.474 e. The van der Waals surface area contributed by atoms with Gasteiger partial charge in [-0.3, -0.25) is 13.6 Å². The lowest BCUT2D eigenvalue weighted by Crippen LogP contribution is -2.00. The van der Waals surface area contributed by atoms with E-state index in [1.807, 2.05) is 0 Å². The van der Waals surface area contributed by atoms with Crippen molar-refractivity contribution in [2.45, 2.75) is 13.0 Å². The Morgan fingerprint density at radius 2 is 2.44 bits per heavy atom. The van der Waals surface area contributed by atoms with Crippen molar-refractivity contribution in [3.8, 4) is 0 Å². The van der Waals surface area contributed by atoms with Crippen LogP contribution in [0.2, 0.25) is 0 Å². The molecule has 0 aromatic carbocycles. The molecule has 1 saturated heterocycles. The van der Waals surface area contributed by atoms with Gasteiger partial charge in [0.25, 0.3) is 0 Å². The fraction of sp³-hybridized carbons (Fsp3) is 1.00. The predicted octanol–water partition coefficient (Wildman–Crippen LogP) is 1.18. The van der Waals surface area contributed by atoms with E-state index in [9.17, 15) is 4.57 Å². The molecule has 1 aliphatic rings. The molecular weight excluding hydrogens is 143 g/mol. The summed E-state index contributed by atoms with van der Waals surface area (Å²) in [4.78, 5) is 0. The number of rotatable bonds is 1. The van der Waals surface area contributed by atoms with E-state index in [0.29, 0.717) is 6.61 Å². The van der Waals surface area contributed by atoms with Crippen LogP contribution in [-0.4, -0.2) is 19.8 Å². The second kappa shape index (κ2) is 2.39. The van der Waals surface area contributed by atoms with Crippen LogP contribution in [-0.2, 0) is 18.1 Å². The van der Waals surface area contributed by atoms with E-state index >= 15 is 0 Å². The van der Waals surface area contributed by atoms with Crippen LogP contribution in [0.5, 0.6) is 0 Å². The Bertz CT molecular complexity index is 146. The first kappa shape index (κ1) is 7.22. The molecule has 0 bridgehead atoms. The van der Waals surface area contributed by atoms with Crippen LogP contribution in [0.25, 0.3) is 0 Å². The molecule has 0 N–H and O–H groups in total. The van der Waals surface area contributed by atoms with Gasteiger partial charge in [0.2, 0.25) is 0 Å². The molecular formula is C4H9O4P. The summed E-state index contributed by atoms with van der Waals surface area (Å²) < 4.78 is 24.9. The van der Waals surface area contributed by atoms with Crippen LogP contribution in [0.4, 0.5) is 0 Å². The van der Waals surface area contributed by atoms with Crippen molar-refractivity contribution < 1.29 is 18.1 Å². The normalized spacial score (nSPS) is 43.6. The van der Waals surface area contributed by atoms with Crippen molar-refractivity contribution in [2.24, 2.45) is 0 Å². The maximum absolute atomic E-state index is 10.9. The van der Waals surface area contributed by atoms with Crippen molar-refractivity contribution in [1.29, 1.82) is 0 Å². The summed E-state index contributed by atoms with van der Waals surface area (Å²) in [6.07, 6.45) is -0.115. The van der Waals surface area contributed by atoms with Gasteiger partial charge in [0, 0.05) is 7.11 Å². The highest BCUT2D eigenvalue weighted by molar-refractivity contribution is 7.48. The second-order valence-corrected chi connectivity index (χ2v) is 3.57. The molecule has 54 valence electrons. The molecule has 0 unspecified atom stereocenters. The number of hydrogen-bond acceptors (Lipinski definition) is 4. The first-order valence-electron chi connectivity index (χ1n) is 2.65. The molecule has 1 rings (SSSR count). The van der Waals surface area contributed by atoms with Crippen molar-refractivity contribution >= 4 is 7.82 Å². The lowest BCUT2D eigenvalue weighted by Gasteiger charge is -2.04. The molecule has 0 aromatic rings. The van der Waals surface area contributed by atoms with Gasteiger partial charge in [-0.05, 0) is 6.92 Å². The van der Waals surface area contributed by atoms with E-state index in [1.165, 1.54) is 7.11 Å². The molecule has 1 aliphatic heterocycles. The summed E-state index contributed by atoms with van der Waals surface area (Å²) in [5, 5.41) is 0. The zero-order valence-corrected chi connectivity index (χ0v) is 6.26. The second-order valence-electron chi connectivity index (χ2n) is 1.84. The highest BCUT2D eigenvalue weighted by Crippen LogP contribution is 2.53. The molecule has 1 heterocycles. The van der Waals surface area contributed by atoms with E-state index in [4.69, 9.17) is 9.05 Å². The van der Waals surface area contributed by atoms with E-state index in [2.05, 4.69) is 4.52 Å². The summed E-state index contributed by atoms with van der Waals surface area (Å²) in [5.74, 6) is 0. The van der Waals surface area contributed by atoms with E-state index in [-0.39, 0.29) is 6.10 Å². The van der Waals surface area contributed by atoms with Crippen molar-refractivity contribution in [2.75, 3.05) is 13.7 Å². The standard InChI is InChI=1S/C4H9O4P/c1-4-3-7-9(5,6-2)8-4/h4H,3H2,1-2H3/t4-,9+/m1/s1. The minimum Gasteiger partial charge on any atom is -0.290 e. The molecule has 0 spiro atoms. The van der Waals surface area contributed by atoms with Gasteiger partial charge in [-0.15, -0.1) is 0 Å². The van der Waals surface area contributed by atoms with Gasteiger partial charge in [-0.2, -0.15) is 0 Å². The van der Waals surface area contributed by atoms with E-state index in [0.717, 1.165) is 0 Å². The van der Waals surface area contributed by atoms with Gasteiger partial charge < -0.3 is 0 Å². The number of hydrogen-bond donors (Lipinski definition) is 0. The molecule has 0 saturated carbocycles. The average molecular weight is 152 g/mol. The summed E-state index contributed by atoms with van der Waals surface area (Å²) >= 11 is 0. The van der Waals surface area contributed by atoms with Crippen LogP contribution < -0.4 is 0 Å². The third kappa shape index (κ3) is 1.52. The van der Waals surface area contributed by atoms with Gasteiger partial charge in [-0.25, -0.2) is 4.57 Å². The van der Waals surface area contributed by atoms with Crippen LogP contribution in [0.1, 0.15) is 6.92 Å². The number of phosphoric ester groups is 1. The molecule has 0 aliphatic carbocycles. The van der Waals surface area contributed by atoms with Gasteiger partial charge in [0.15, 0.2) is 0 Å². The minimum absolute atomic E-state index is 0.115. The van der Waals surface area contributed by atoms with Crippen molar-refractivity contribution in [3.63, 3.8) is 0 Å². The summed E-state index contributed by atoms with van der Waals surface area (Å²) in [5.41, 5.74) is 0. The van der Waals surface area contributed by atoms with Gasteiger partial charge in [0.1, 0.15) is 0 Å². The average Bonchev–Trinajstić information content (AvgIpc) is 2.13. The fourth-order valence-corrected chi connectivity index (χ4v) is 1.72. The molecule has 4 nitrogen and oxygen atoms in total. The third-order valence-corrected chi connectivity index (χ3v) is 2.53. The van der Waals surface area contributed by atoms with E-state index < -0.39 is 7.82 Å². The molecule has 2 atom stereocenters. The first-order chi connectivity index (χ1) is 4.16. The smallest absolute Gasteiger partial charge is 0.290 e. The van der Waals surface area contributed by atoms with E-state index in [1.54, 1.807) is 6.92 Å². The zero-order valence-electron chi connectivity index (χ0n) is 5.36.